The molecular formula is C29H33F2N3O4. The molecule has 9 heteroatoms. The average Bonchev–Trinajstić information content (AvgIpc) is 3.50. The van der Waals surface area contributed by atoms with Gasteiger partial charge in [0, 0.05) is 19.2 Å². The van der Waals surface area contributed by atoms with Gasteiger partial charge < -0.3 is 25.0 Å². The van der Waals surface area contributed by atoms with Gasteiger partial charge in [0.2, 0.25) is 0 Å². The minimum absolute atomic E-state index is 0.0449. The van der Waals surface area contributed by atoms with Gasteiger partial charge in [-0.15, -0.1) is 0 Å². The van der Waals surface area contributed by atoms with Crippen molar-refractivity contribution in [1.82, 2.24) is 10.2 Å². The summed E-state index contributed by atoms with van der Waals surface area (Å²) >= 11 is 0. The predicted molar refractivity (Wildman–Crippen MR) is 140 cm³/mol. The topological polar surface area (TPSA) is 79.9 Å². The molecule has 2 aromatic rings. The second kappa shape index (κ2) is 11.9. The maximum atomic E-state index is 14.7. The van der Waals surface area contributed by atoms with Gasteiger partial charge in [-0.1, -0.05) is 50.3 Å². The molecule has 2 aliphatic rings. The first-order valence-corrected chi connectivity index (χ1v) is 12.8. The number of amides is 1. The average molecular weight is 526 g/mol. The van der Waals surface area contributed by atoms with Crippen LogP contribution >= 0.6 is 0 Å². The van der Waals surface area contributed by atoms with Crippen LogP contribution < -0.4 is 10.6 Å². The van der Waals surface area contributed by atoms with Crippen LogP contribution in [-0.4, -0.2) is 67.8 Å². The second-order valence-corrected chi connectivity index (χ2v) is 9.26. The Hall–Kier alpha value is -3.56. The largest absolute Gasteiger partial charge is 0.466 e. The van der Waals surface area contributed by atoms with Gasteiger partial charge in [0.1, 0.15) is 23.3 Å². The van der Waals surface area contributed by atoms with Crippen molar-refractivity contribution in [2.24, 2.45) is 0 Å². The highest BCUT2D eigenvalue weighted by Crippen LogP contribution is 2.47. The summed E-state index contributed by atoms with van der Waals surface area (Å²) in [5, 5.41) is 6.03. The van der Waals surface area contributed by atoms with Gasteiger partial charge in [0.05, 0.1) is 30.0 Å². The lowest BCUT2D eigenvalue weighted by atomic mass is 9.78. The number of benzene rings is 2. The molecule has 0 saturated heterocycles. The molecule has 2 N–H and O–H groups in total. The van der Waals surface area contributed by atoms with E-state index < -0.39 is 41.3 Å². The highest BCUT2D eigenvalue weighted by molar-refractivity contribution is 6.07. The molecule has 1 amide bonds. The molecule has 2 bridgehead atoms. The zero-order valence-electron chi connectivity index (χ0n) is 21.8. The zero-order valence-corrected chi connectivity index (χ0v) is 21.8. The smallest absolute Gasteiger partial charge is 0.337 e. The van der Waals surface area contributed by atoms with Crippen LogP contribution in [0.3, 0.4) is 0 Å². The van der Waals surface area contributed by atoms with E-state index in [9.17, 15) is 18.4 Å². The number of hydrogen-bond donors (Lipinski definition) is 2. The molecule has 0 aliphatic carbocycles. The molecule has 4 rings (SSSR count). The second-order valence-electron chi connectivity index (χ2n) is 9.26. The van der Waals surface area contributed by atoms with E-state index in [0.717, 1.165) is 30.8 Å². The van der Waals surface area contributed by atoms with Gasteiger partial charge in [0.25, 0.3) is 5.91 Å². The third-order valence-electron chi connectivity index (χ3n) is 7.09. The summed E-state index contributed by atoms with van der Waals surface area (Å²) in [7, 11) is 1.24. The fourth-order valence-electron chi connectivity index (χ4n) is 5.07. The summed E-state index contributed by atoms with van der Waals surface area (Å²) in [5.41, 5.74) is -0.228. The number of carbonyl (C=O) groups excluding carboxylic acids is 2. The number of ether oxygens (including phenoxy) is 2. The highest BCUT2D eigenvalue weighted by atomic mass is 19.1. The SMILES string of the molecule is CCN(CC)CCNC(=O)C1=C(C(=O)OC)C2(C(Cc3ccccc3)Nc3ccc(F)cc3F)C=CC1O2. The Labute approximate surface area is 221 Å². The number of methoxy groups -OCH3 is 1. The number of halogens is 2. The van der Waals surface area contributed by atoms with Crippen LogP contribution in [0.4, 0.5) is 14.5 Å². The van der Waals surface area contributed by atoms with Gasteiger partial charge >= 0.3 is 5.97 Å². The van der Waals surface area contributed by atoms with E-state index in [1.807, 2.05) is 44.2 Å². The summed E-state index contributed by atoms with van der Waals surface area (Å²) in [5.74, 6) is -2.61. The first-order chi connectivity index (χ1) is 18.3. The fourth-order valence-corrected chi connectivity index (χ4v) is 5.07. The molecule has 3 atom stereocenters. The number of nitrogens with zero attached hydrogens (tertiary/aromatic N) is 1. The van der Waals surface area contributed by atoms with Crippen LogP contribution in [0.25, 0.3) is 0 Å². The van der Waals surface area contributed by atoms with Crippen LogP contribution in [0.1, 0.15) is 19.4 Å². The molecular weight excluding hydrogens is 492 g/mol. The Morgan fingerprint density at radius 2 is 1.87 bits per heavy atom. The molecule has 2 aromatic carbocycles. The van der Waals surface area contributed by atoms with Crippen LogP contribution in [-0.2, 0) is 25.5 Å². The lowest BCUT2D eigenvalue weighted by Crippen LogP contribution is -2.50. The van der Waals surface area contributed by atoms with Gasteiger partial charge in [-0.25, -0.2) is 13.6 Å². The summed E-state index contributed by atoms with van der Waals surface area (Å²) in [6.45, 7) is 6.86. The zero-order chi connectivity index (χ0) is 27.3. The Morgan fingerprint density at radius 3 is 2.53 bits per heavy atom. The lowest BCUT2D eigenvalue weighted by molar-refractivity contribution is -0.138. The van der Waals surface area contributed by atoms with E-state index in [2.05, 4.69) is 15.5 Å². The Bertz CT molecular complexity index is 1230. The van der Waals surface area contributed by atoms with Crippen molar-refractivity contribution in [2.45, 2.75) is 38.0 Å². The quantitative estimate of drug-likeness (QED) is 0.326. The fraction of sp³-hybridized carbons (Fsp3) is 0.379. The first-order valence-electron chi connectivity index (χ1n) is 12.8. The maximum absolute atomic E-state index is 14.7. The van der Waals surface area contributed by atoms with Crippen LogP contribution in [0.2, 0.25) is 0 Å². The molecule has 202 valence electrons. The molecule has 0 spiro atoms. The molecule has 0 radical (unpaired) electrons. The summed E-state index contributed by atoms with van der Waals surface area (Å²) in [6.07, 6.45) is 2.99. The minimum Gasteiger partial charge on any atom is -0.466 e. The number of carbonyl (C=O) groups is 2. The molecule has 7 nitrogen and oxygen atoms in total. The third-order valence-corrected chi connectivity index (χ3v) is 7.09. The summed E-state index contributed by atoms with van der Waals surface area (Å²) < 4.78 is 39.8. The van der Waals surface area contributed by atoms with Crippen molar-refractivity contribution in [1.29, 1.82) is 0 Å². The number of likely N-dealkylation sites (N-methyl/N-ethyl adjacent to an activating group) is 1. The van der Waals surface area contributed by atoms with E-state index >= 15 is 0 Å². The van der Waals surface area contributed by atoms with E-state index in [0.29, 0.717) is 19.5 Å². The van der Waals surface area contributed by atoms with E-state index in [4.69, 9.17) is 9.47 Å². The lowest BCUT2D eigenvalue weighted by Gasteiger charge is -2.36. The normalized spacial score (nSPS) is 20.6. The number of anilines is 1. The van der Waals surface area contributed by atoms with Crippen molar-refractivity contribution in [3.8, 4) is 0 Å². The van der Waals surface area contributed by atoms with Crippen molar-refractivity contribution >= 4 is 17.6 Å². The van der Waals surface area contributed by atoms with Crippen LogP contribution in [0.5, 0.6) is 0 Å². The van der Waals surface area contributed by atoms with E-state index in [1.165, 1.54) is 13.2 Å². The molecule has 3 unspecified atom stereocenters. The first kappa shape index (κ1) is 27.5. The van der Waals surface area contributed by atoms with Crippen molar-refractivity contribution in [2.75, 3.05) is 38.6 Å². The standard InChI is InChI=1S/C29H33F2N3O4/c1-4-34(5-2)16-15-32-27(35)25-23-13-14-29(38-23,26(25)28(36)37-3)24(17-19-9-7-6-8-10-19)33-22-12-11-20(30)18-21(22)31/h6-14,18,23-24,33H,4-5,15-17H2,1-3H3,(H,32,35). The van der Waals surface area contributed by atoms with Gasteiger partial charge in [0.15, 0.2) is 0 Å². The minimum atomic E-state index is -1.42. The van der Waals surface area contributed by atoms with Crippen LogP contribution in [0.15, 0.2) is 71.8 Å². The molecule has 2 aliphatic heterocycles. The summed E-state index contributed by atoms with van der Waals surface area (Å²) in [4.78, 5) is 28.7. The number of nitrogens with one attached hydrogen (secondary N) is 2. The van der Waals surface area contributed by atoms with Crippen LogP contribution in [0, 0.1) is 11.6 Å². The van der Waals surface area contributed by atoms with Gasteiger partial charge in [-0.05, 0) is 43.3 Å². The van der Waals surface area contributed by atoms with E-state index in [1.54, 1.807) is 12.2 Å². The van der Waals surface area contributed by atoms with Crippen molar-refractivity contribution < 1.29 is 27.8 Å². The summed E-state index contributed by atoms with van der Waals surface area (Å²) in [6, 6.07) is 11.9. The molecule has 0 saturated carbocycles. The highest BCUT2D eigenvalue weighted by Gasteiger charge is 2.58. The Balaban J connectivity index is 1.72. The molecule has 0 aromatic heterocycles. The number of fused-ring (bicyclic) bond motifs is 2. The van der Waals surface area contributed by atoms with Crippen molar-refractivity contribution in [3.63, 3.8) is 0 Å². The predicted octanol–water partition coefficient (Wildman–Crippen LogP) is 3.62. The Kier molecular flexibility index (Phi) is 8.58. The number of esters is 1. The molecule has 2 heterocycles. The molecule has 0 fully saturated rings. The Morgan fingerprint density at radius 1 is 1.13 bits per heavy atom. The maximum Gasteiger partial charge on any atom is 0.337 e. The molecule has 38 heavy (non-hydrogen) atoms. The number of hydrogen-bond acceptors (Lipinski definition) is 6. The third kappa shape index (κ3) is 5.49. The van der Waals surface area contributed by atoms with Gasteiger partial charge in [-0.2, -0.15) is 0 Å². The van der Waals surface area contributed by atoms with E-state index in [-0.39, 0.29) is 16.8 Å². The van der Waals surface area contributed by atoms with Gasteiger partial charge in [-0.3, -0.25) is 4.79 Å². The van der Waals surface area contributed by atoms with Crippen molar-refractivity contribution in [3.05, 3.63) is 89.0 Å². The number of rotatable bonds is 12. The monoisotopic (exact) mass is 525 g/mol.